The highest BCUT2D eigenvalue weighted by Gasteiger charge is 2.09. The summed E-state index contributed by atoms with van der Waals surface area (Å²) in [7, 11) is 0. The zero-order valence-electron chi connectivity index (χ0n) is 12.1. The summed E-state index contributed by atoms with van der Waals surface area (Å²) < 4.78 is 0. The van der Waals surface area contributed by atoms with Crippen LogP contribution in [0.15, 0.2) is 58.2 Å². The predicted molar refractivity (Wildman–Crippen MR) is 90.0 cm³/mol. The van der Waals surface area contributed by atoms with Crippen LogP contribution in [-0.4, -0.2) is 4.98 Å². The normalized spacial score (nSPS) is 11.0. The lowest BCUT2D eigenvalue weighted by molar-refractivity contribution is 1.16. The lowest BCUT2D eigenvalue weighted by Gasteiger charge is -2.08. The van der Waals surface area contributed by atoms with Crippen LogP contribution >= 0.6 is 11.8 Å². The van der Waals surface area contributed by atoms with Gasteiger partial charge >= 0.3 is 0 Å². The van der Waals surface area contributed by atoms with E-state index in [1.54, 1.807) is 11.8 Å². The number of nitrogens with one attached hydrogen (secondary N) is 1. The number of pyridine rings is 1. The monoisotopic (exact) mass is 295 g/mol. The topological polar surface area (TPSA) is 32.9 Å². The first-order valence-corrected chi connectivity index (χ1v) is 7.93. The molecule has 3 rings (SSSR count). The van der Waals surface area contributed by atoms with Gasteiger partial charge in [-0.1, -0.05) is 24.3 Å². The van der Waals surface area contributed by atoms with Crippen LogP contribution in [0.2, 0.25) is 0 Å². The summed E-state index contributed by atoms with van der Waals surface area (Å²) in [5.74, 6) is 0.689. The van der Waals surface area contributed by atoms with Gasteiger partial charge in [-0.05, 0) is 43.7 Å². The summed E-state index contributed by atoms with van der Waals surface area (Å²) in [5.41, 5.74) is 4.04. The Balaban J connectivity index is 1.99. The molecule has 0 saturated heterocycles. The van der Waals surface area contributed by atoms with Crippen molar-refractivity contribution >= 4 is 22.7 Å². The molecule has 0 aliphatic carbocycles. The molecule has 106 valence electrons. The summed E-state index contributed by atoms with van der Waals surface area (Å²) in [6.07, 6.45) is 0. The summed E-state index contributed by atoms with van der Waals surface area (Å²) in [6.45, 7) is 4.01. The van der Waals surface area contributed by atoms with Crippen molar-refractivity contribution in [3.8, 4) is 0 Å². The number of thioether (sulfide) groups is 1. The van der Waals surface area contributed by atoms with Crippen LogP contribution in [-0.2, 0) is 5.75 Å². The maximum atomic E-state index is 12.6. The van der Waals surface area contributed by atoms with Crippen LogP contribution in [0.1, 0.15) is 16.8 Å². The molecular weight excluding hydrogens is 278 g/mol. The lowest BCUT2D eigenvalue weighted by atomic mass is 10.1. The molecule has 0 atom stereocenters. The summed E-state index contributed by atoms with van der Waals surface area (Å²) in [5, 5.41) is 0.773. The van der Waals surface area contributed by atoms with Gasteiger partial charge in [0.25, 0.3) is 0 Å². The van der Waals surface area contributed by atoms with Crippen LogP contribution in [0.4, 0.5) is 0 Å². The fourth-order valence-corrected chi connectivity index (χ4v) is 3.42. The van der Waals surface area contributed by atoms with Gasteiger partial charge in [-0.3, -0.25) is 4.79 Å². The molecular formula is C18H17NOS. The van der Waals surface area contributed by atoms with Crippen LogP contribution in [0.5, 0.6) is 0 Å². The van der Waals surface area contributed by atoms with E-state index < -0.39 is 0 Å². The van der Waals surface area contributed by atoms with Crippen LogP contribution in [0, 0.1) is 13.8 Å². The van der Waals surface area contributed by atoms with Crippen molar-refractivity contribution in [3.63, 3.8) is 0 Å². The molecule has 0 fully saturated rings. The Morgan fingerprint density at radius 2 is 1.81 bits per heavy atom. The summed E-state index contributed by atoms with van der Waals surface area (Å²) in [6, 6.07) is 16.1. The van der Waals surface area contributed by atoms with Gasteiger partial charge in [-0.15, -0.1) is 11.8 Å². The number of benzene rings is 2. The molecule has 0 aliphatic rings. The van der Waals surface area contributed by atoms with E-state index >= 15 is 0 Å². The minimum atomic E-state index is 0.143. The highest BCUT2D eigenvalue weighted by molar-refractivity contribution is 7.98. The van der Waals surface area contributed by atoms with Crippen molar-refractivity contribution in [2.45, 2.75) is 24.5 Å². The van der Waals surface area contributed by atoms with Gasteiger partial charge in [0.05, 0.1) is 0 Å². The smallest absolute Gasteiger partial charge is 0.193 e. The minimum absolute atomic E-state index is 0.143. The SMILES string of the molecule is Cc1ccc2c(=O)c(CSc3ccccc3)c(C)[nH]c2c1. The fraction of sp³-hybridized carbons (Fsp3) is 0.167. The number of aromatic nitrogens is 1. The first kappa shape index (κ1) is 14.0. The highest BCUT2D eigenvalue weighted by Crippen LogP contribution is 2.23. The number of rotatable bonds is 3. The van der Waals surface area contributed by atoms with Gasteiger partial charge in [-0.25, -0.2) is 0 Å². The fourth-order valence-electron chi connectivity index (χ4n) is 2.42. The molecule has 3 aromatic rings. The van der Waals surface area contributed by atoms with Crippen LogP contribution in [0.25, 0.3) is 10.9 Å². The molecule has 0 spiro atoms. The molecule has 0 amide bonds. The third-order valence-electron chi connectivity index (χ3n) is 3.59. The summed E-state index contributed by atoms with van der Waals surface area (Å²) >= 11 is 1.69. The van der Waals surface area contributed by atoms with E-state index in [-0.39, 0.29) is 5.43 Å². The number of aryl methyl sites for hydroxylation is 2. The third kappa shape index (κ3) is 2.88. The van der Waals surface area contributed by atoms with Crippen molar-refractivity contribution < 1.29 is 0 Å². The number of hydrogen-bond acceptors (Lipinski definition) is 2. The highest BCUT2D eigenvalue weighted by atomic mass is 32.2. The molecule has 0 saturated carbocycles. The maximum Gasteiger partial charge on any atom is 0.193 e. The van der Waals surface area contributed by atoms with E-state index in [4.69, 9.17) is 0 Å². The Morgan fingerprint density at radius 1 is 1.05 bits per heavy atom. The summed E-state index contributed by atoms with van der Waals surface area (Å²) in [4.78, 5) is 17.2. The molecule has 1 heterocycles. The van der Waals surface area contributed by atoms with Crippen LogP contribution < -0.4 is 5.43 Å². The number of fused-ring (bicyclic) bond motifs is 1. The molecule has 3 heteroatoms. The minimum Gasteiger partial charge on any atom is -0.358 e. The molecule has 0 unspecified atom stereocenters. The Hall–Kier alpha value is -2.00. The third-order valence-corrected chi connectivity index (χ3v) is 4.63. The van der Waals surface area contributed by atoms with Gasteiger partial charge in [0.2, 0.25) is 0 Å². The molecule has 0 radical (unpaired) electrons. The lowest BCUT2D eigenvalue weighted by Crippen LogP contribution is -2.12. The largest absolute Gasteiger partial charge is 0.358 e. The zero-order chi connectivity index (χ0) is 14.8. The number of H-pyrrole nitrogens is 1. The molecule has 21 heavy (non-hydrogen) atoms. The molecule has 2 aromatic carbocycles. The first-order valence-electron chi connectivity index (χ1n) is 6.95. The van der Waals surface area contributed by atoms with Gasteiger partial charge in [0.1, 0.15) is 0 Å². The van der Waals surface area contributed by atoms with Crippen molar-refractivity contribution in [2.24, 2.45) is 0 Å². The van der Waals surface area contributed by atoms with Crippen molar-refractivity contribution in [2.75, 3.05) is 0 Å². The second kappa shape index (κ2) is 5.78. The van der Waals surface area contributed by atoms with Gasteiger partial charge < -0.3 is 4.98 Å². The van der Waals surface area contributed by atoms with Crippen molar-refractivity contribution in [1.82, 2.24) is 4.98 Å². The quantitative estimate of drug-likeness (QED) is 0.725. The molecule has 0 bridgehead atoms. The van der Waals surface area contributed by atoms with E-state index in [1.807, 2.05) is 50.2 Å². The average Bonchev–Trinajstić information content (AvgIpc) is 2.47. The van der Waals surface area contributed by atoms with Gasteiger partial charge in [0, 0.05) is 32.8 Å². The molecule has 2 nitrogen and oxygen atoms in total. The second-order valence-electron chi connectivity index (χ2n) is 5.21. The molecule has 0 aliphatic heterocycles. The zero-order valence-corrected chi connectivity index (χ0v) is 13.0. The maximum absolute atomic E-state index is 12.6. The first-order chi connectivity index (χ1) is 10.1. The Bertz CT molecular complexity index is 837. The van der Waals surface area contributed by atoms with Gasteiger partial charge in [0.15, 0.2) is 5.43 Å². The Labute approximate surface area is 128 Å². The number of hydrogen-bond donors (Lipinski definition) is 1. The number of aromatic amines is 1. The second-order valence-corrected chi connectivity index (χ2v) is 6.26. The van der Waals surface area contributed by atoms with E-state index in [1.165, 1.54) is 4.90 Å². The van der Waals surface area contributed by atoms with E-state index in [0.29, 0.717) is 5.75 Å². The molecule has 1 N–H and O–H groups in total. The predicted octanol–water partition coefficient (Wildman–Crippen LogP) is 4.44. The van der Waals surface area contributed by atoms with E-state index in [0.717, 1.165) is 27.7 Å². The Kier molecular flexibility index (Phi) is 3.84. The average molecular weight is 295 g/mol. The van der Waals surface area contributed by atoms with Crippen LogP contribution in [0.3, 0.4) is 0 Å². The van der Waals surface area contributed by atoms with E-state index in [2.05, 4.69) is 17.1 Å². The van der Waals surface area contributed by atoms with Crippen molar-refractivity contribution in [3.05, 3.63) is 75.6 Å². The van der Waals surface area contributed by atoms with E-state index in [9.17, 15) is 4.79 Å². The standard InChI is InChI=1S/C18H17NOS/c1-12-8-9-15-17(10-12)19-13(2)16(18(15)20)11-21-14-6-4-3-5-7-14/h3-10H,11H2,1-2H3,(H,19,20). The van der Waals surface area contributed by atoms with Crippen molar-refractivity contribution in [1.29, 1.82) is 0 Å². The van der Waals surface area contributed by atoms with Gasteiger partial charge in [-0.2, -0.15) is 0 Å². The Morgan fingerprint density at radius 3 is 2.57 bits per heavy atom. The molecule has 1 aromatic heterocycles.